The second-order valence-electron chi connectivity index (χ2n) is 32.5. The first-order valence-corrected chi connectivity index (χ1v) is 52.7. The summed E-state index contributed by atoms with van der Waals surface area (Å²) in [6, 6.07) is 34.8. The van der Waals surface area contributed by atoms with E-state index in [-0.39, 0.29) is 191 Å². The van der Waals surface area contributed by atoms with Gasteiger partial charge in [0.15, 0.2) is 0 Å². The van der Waals surface area contributed by atoms with Crippen molar-refractivity contribution in [2.24, 2.45) is 11.8 Å². The number of nitrogens with zero attached hydrogens (tertiary/aromatic N) is 5. The molecule has 5 heterocycles. The SMILES string of the molecule is [2H]c1[c-]c(-c2cc(C3CCCC3)c([Si](C)(C)C)cn2)cc([2H])c1[2H].[2H]c1[c-]c(-c2cc(CC(C)C)c([Si](C)(C)C)cn2)cc([2H])c1[2H].[2H]c1[c-]c(-c2ccc([Si](C)(C)C)c(C(C)C)n2)cc([2H])c1[2H].[2H]c1[c-]c(-c2ncc([Si](C)(C)C)cc2C(C)C)cc([2H])c1[2H].[2H]c1[c-]c(-c2ncc([Si](C)(C)C)cc2CC(C)C)cc([2H])c1[2H].[Ir].[Ir].[Ir].[Ir].[Ir]. The zero-order valence-electron chi connectivity index (χ0n) is 80.2. The normalized spacial score (nSPS) is 14.2. The number of aromatic nitrogens is 5. The van der Waals surface area contributed by atoms with Crippen LogP contribution >= 0.6 is 0 Å². The minimum atomic E-state index is -1.48. The predicted molar refractivity (Wildman–Crippen MR) is 444 cm³/mol. The third kappa shape index (κ3) is 29.2. The third-order valence-corrected chi connectivity index (χ3v) is 27.3. The maximum absolute atomic E-state index is 7.86. The molecule has 0 saturated heterocycles. The summed E-state index contributed by atoms with van der Waals surface area (Å²) >= 11 is 0. The molecule has 5 radical (unpaired) electrons. The van der Waals surface area contributed by atoms with E-state index in [0.717, 1.165) is 58.1 Å². The fraction of sp³-hybridized carbons (Fsp3) is 0.382. The molecule has 104 heavy (non-hydrogen) atoms. The Kier molecular flexibility index (Phi) is 31.0. The van der Waals surface area contributed by atoms with Gasteiger partial charge in [-0.25, -0.2) is 0 Å². The molecule has 0 amide bonds. The Morgan fingerprint density at radius 1 is 0.375 bits per heavy atom. The van der Waals surface area contributed by atoms with Gasteiger partial charge in [0.2, 0.25) is 0 Å². The number of pyridine rings is 5. The average Bonchev–Trinajstić information content (AvgIpc) is 1.79. The predicted octanol–water partition coefficient (Wildman–Crippen LogP) is 21.8. The Balaban J connectivity index is 0.000000499. The number of benzene rings is 5. The molecule has 0 unspecified atom stereocenters. The standard InChI is InChI=1S/C19H24NSi.2C18H24NSi.2C17H22NSi.5Ir/c1-21(2,3)19-14-20-18(16-11-5-4-6-12-16)13-17(19)15-9-7-8-10-15;1-14(2)11-16-12-17(15-9-7-6-8-10-15)19-13-18(16)20(3,4)5;1-14(2)11-16-12-17(20(3,4)5)13-19-18(16)15-9-7-6-8-10-15;1-13(2)16-11-15(19(3,4)5)12-18-17(16)14-9-7-6-8-10-14;1-13(2)17-16(19(3,4)5)12-11-15(18-17)14-9-7-6-8-10-14;;;;;/h4-6,11,13-15H,7-10H2,1-3H3;2*6-9,12-14H,11H2,1-5H3;2*6-9,11-13H,1-5H3;;;;;/q5*-1;;;;;/i4D,5D,6D;4*6D,7D,8D;;;;;. The van der Waals surface area contributed by atoms with Crippen LogP contribution in [0.2, 0.25) is 98.2 Å². The van der Waals surface area contributed by atoms with Crippen LogP contribution < -0.4 is 25.9 Å². The monoisotopic (exact) mass is 2370 g/mol. The van der Waals surface area contributed by atoms with Gasteiger partial charge in [-0.2, -0.15) is 0 Å². The Morgan fingerprint density at radius 2 is 0.760 bits per heavy atom. The Labute approximate surface area is 724 Å². The molecule has 1 aliphatic carbocycles. The van der Waals surface area contributed by atoms with Gasteiger partial charge in [-0.05, 0) is 117 Å². The molecule has 0 atom stereocenters. The van der Waals surface area contributed by atoms with Crippen LogP contribution in [-0.2, 0) is 113 Å². The van der Waals surface area contributed by atoms with Crippen LogP contribution in [0.4, 0.5) is 0 Å². The molecule has 1 fully saturated rings. The number of rotatable bonds is 17. The van der Waals surface area contributed by atoms with Crippen molar-refractivity contribution in [1.29, 1.82) is 0 Å². The molecule has 0 aliphatic heterocycles. The molecule has 0 bridgehead atoms. The fourth-order valence-corrected chi connectivity index (χ4v) is 18.8. The summed E-state index contributed by atoms with van der Waals surface area (Å²) < 4.78 is 116. The van der Waals surface area contributed by atoms with E-state index in [1.54, 1.807) is 30.3 Å². The first-order valence-electron chi connectivity index (χ1n) is 42.7. The van der Waals surface area contributed by atoms with Gasteiger partial charge in [0.05, 0.1) is 40.4 Å². The van der Waals surface area contributed by atoms with Crippen LogP contribution in [0.15, 0.2) is 182 Å². The molecular weight excluding hydrogens is 2240 g/mol. The van der Waals surface area contributed by atoms with Gasteiger partial charge in [-0.3, -0.25) is 0 Å². The van der Waals surface area contributed by atoms with Crippen molar-refractivity contribution in [1.82, 2.24) is 24.9 Å². The van der Waals surface area contributed by atoms with E-state index in [1.807, 2.05) is 30.9 Å². The summed E-state index contributed by atoms with van der Waals surface area (Å²) in [5, 5.41) is 6.75. The zero-order chi connectivity index (χ0) is 85.5. The molecule has 0 spiro atoms. The first kappa shape index (κ1) is 73.0. The fourth-order valence-electron chi connectivity index (χ4n) is 11.8. The van der Waals surface area contributed by atoms with Crippen molar-refractivity contribution in [3.8, 4) is 56.3 Å². The molecule has 0 N–H and O–H groups in total. The van der Waals surface area contributed by atoms with E-state index >= 15 is 0 Å². The van der Waals surface area contributed by atoms with E-state index < -0.39 is 40.4 Å². The van der Waals surface area contributed by atoms with Gasteiger partial charge in [0.25, 0.3) is 0 Å². The van der Waals surface area contributed by atoms with Crippen molar-refractivity contribution in [3.63, 3.8) is 0 Å². The number of hydrogen-bond acceptors (Lipinski definition) is 5. The minimum Gasteiger partial charge on any atom is -0.305 e. The summed E-state index contributed by atoms with van der Waals surface area (Å²) in [4.78, 5) is 23.3. The Morgan fingerprint density at radius 3 is 1.17 bits per heavy atom. The second-order valence-corrected chi connectivity index (χ2v) is 57.8. The van der Waals surface area contributed by atoms with E-state index in [9.17, 15) is 0 Å². The van der Waals surface area contributed by atoms with E-state index in [1.165, 1.54) is 62.7 Å². The van der Waals surface area contributed by atoms with Crippen molar-refractivity contribution in [3.05, 3.63) is 240 Å². The molecule has 15 heteroatoms. The first-order chi connectivity index (χ1) is 52.7. The van der Waals surface area contributed by atoms with Gasteiger partial charge in [-0.15, -0.1) is 179 Å². The molecule has 11 rings (SSSR count). The van der Waals surface area contributed by atoms with Gasteiger partial charge >= 0.3 is 0 Å². The minimum absolute atomic E-state index is 0. The molecule has 10 aromatic rings. The van der Waals surface area contributed by atoms with E-state index in [2.05, 4.69) is 234 Å². The topological polar surface area (TPSA) is 64.5 Å². The molecule has 567 valence electrons. The molecule has 1 aliphatic rings. The second kappa shape index (κ2) is 44.1. The molecule has 5 aromatic heterocycles. The van der Waals surface area contributed by atoms with Gasteiger partial charge in [0.1, 0.15) is 0 Å². The Hall–Kier alpha value is -3.82. The summed E-state index contributed by atoms with van der Waals surface area (Å²) in [5.41, 5.74) is 13.1. The summed E-state index contributed by atoms with van der Waals surface area (Å²) in [6.45, 7) is 52.0. The summed E-state index contributed by atoms with van der Waals surface area (Å²) in [5.74, 6) is 2.27. The quantitative estimate of drug-likeness (QED) is 0.0671. The van der Waals surface area contributed by atoms with Crippen LogP contribution in [0.25, 0.3) is 56.3 Å². The van der Waals surface area contributed by atoms with Crippen molar-refractivity contribution in [2.75, 3.05) is 0 Å². The van der Waals surface area contributed by atoms with Crippen LogP contribution in [0.1, 0.15) is 147 Å². The summed E-state index contributed by atoms with van der Waals surface area (Å²) in [7, 11) is -7.31. The molecule has 1 saturated carbocycles. The van der Waals surface area contributed by atoms with Crippen LogP contribution in [0.5, 0.6) is 0 Å². The Bertz CT molecular complexity index is 4980. The van der Waals surface area contributed by atoms with Crippen molar-refractivity contribution >= 4 is 66.3 Å². The van der Waals surface area contributed by atoms with E-state index in [4.69, 9.17) is 25.5 Å². The molecule has 5 aromatic carbocycles. The maximum Gasteiger partial charge on any atom is 0.0799 e. The van der Waals surface area contributed by atoms with E-state index in [0.29, 0.717) is 57.4 Å². The molecular formula is C89H116Ir5N5Si5-5. The van der Waals surface area contributed by atoms with Crippen molar-refractivity contribution < 1.29 is 121 Å². The maximum atomic E-state index is 7.86. The average molecular weight is 2370 g/mol. The third-order valence-electron chi connectivity index (χ3n) is 17.2. The van der Waals surface area contributed by atoms with Crippen molar-refractivity contribution in [2.45, 2.75) is 210 Å². The zero-order valence-corrected chi connectivity index (χ0v) is 82.2. The smallest absolute Gasteiger partial charge is 0.0799 e. The van der Waals surface area contributed by atoms with Gasteiger partial charge in [-0.1, -0.05) is 225 Å². The van der Waals surface area contributed by atoms with Crippen LogP contribution in [0, 0.1) is 42.2 Å². The van der Waals surface area contributed by atoms with Gasteiger partial charge in [0, 0.05) is 145 Å². The van der Waals surface area contributed by atoms with Crippen LogP contribution in [-0.4, -0.2) is 65.3 Å². The summed E-state index contributed by atoms with van der Waals surface area (Å²) in [6.07, 6.45) is 14.8. The van der Waals surface area contributed by atoms with Gasteiger partial charge < -0.3 is 24.9 Å². The largest absolute Gasteiger partial charge is 0.305 e. The molecule has 5 nitrogen and oxygen atoms in total. The number of hydrogen-bond donors (Lipinski definition) is 0. The van der Waals surface area contributed by atoms with Crippen LogP contribution in [0.3, 0.4) is 0 Å².